The molecule has 3 aromatic heterocycles. The predicted molar refractivity (Wildman–Crippen MR) is 114 cm³/mol. The summed E-state index contributed by atoms with van der Waals surface area (Å²) in [7, 11) is 3.87. The molecule has 1 N–H and O–H groups in total. The summed E-state index contributed by atoms with van der Waals surface area (Å²) < 4.78 is 2.02. The first-order valence-corrected chi connectivity index (χ1v) is 10.4. The number of fused-ring (bicyclic) bond motifs is 1. The van der Waals surface area contributed by atoms with Gasteiger partial charge in [-0.2, -0.15) is 5.10 Å². The number of thiazole rings is 1. The van der Waals surface area contributed by atoms with E-state index in [9.17, 15) is 4.79 Å². The number of carbonyl (C=O) groups is 1. The van der Waals surface area contributed by atoms with Crippen molar-refractivity contribution in [3.8, 4) is 0 Å². The normalized spacial score (nSPS) is 11.4. The Bertz CT molecular complexity index is 1070. The number of hydrogen-bond donors (Lipinski definition) is 1. The summed E-state index contributed by atoms with van der Waals surface area (Å²) in [5.74, 6) is -0.0400. The molecule has 7 nitrogen and oxygen atoms in total. The molecule has 1 aromatic carbocycles. The molecule has 0 radical (unpaired) electrons. The Balaban J connectivity index is 1.50. The molecule has 0 aliphatic carbocycles. The minimum atomic E-state index is -0.0400. The number of aromatic nitrogens is 4. The summed E-state index contributed by atoms with van der Waals surface area (Å²) >= 11 is 1.54. The number of nitrogens with zero attached hydrogens (tertiary/aromatic N) is 5. The standard InChI is InChI=1S/C21H24N6OS/c1-25(14-17-8-10-22-24-17)15-18-19(23-21-27(18)12-13-29-21)20(28)26(2)11-9-16-6-4-3-5-7-16/h3-8,10,12-13H,9,11,14-15H2,1-2H3,(H,22,24). The number of rotatable bonds is 8. The van der Waals surface area contributed by atoms with Crippen molar-refractivity contribution in [1.82, 2.24) is 29.4 Å². The number of amides is 1. The van der Waals surface area contributed by atoms with E-state index in [0.29, 0.717) is 18.8 Å². The third-order valence-electron chi connectivity index (χ3n) is 4.91. The lowest BCUT2D eigenvalue weighted by Gasteiger charge is -2.19. The molecule has 1 amide bonds. The number of benzene rings is 1. The fraction of sp³-hybridized carbons (Fsp3) is 0.286. The van der Waals surface area contributed by atoms with Crippen LogP contribution in [0.25, 0.3) is 4.96 Å². The van der Waals surface area contributed by atoms with Crippen LogP contribution in [-0.4, -0.2) is 55.9 Å². The molecule has 3 heterocycles. The molecule has 4 aromatic rings. The first kappa shape index (κ1) is 19.4. The molecule has 0 unspecified atom stereocenters. The molecule has 0 spiro atoms. The SMILES string of the molecule is CN(Cc1ccn[nH]1)Cc1c(C(=O)N(C)CCc2ccccc2)nc2sccn12. The van der Waals surface area contributed by atoms with Crippen LogP contribution in [0.1, 0.15) is 27.4 Å². The van der Waals surface area contributed by atoms with E-state index >= 15 is 0 Å². The van der Waals surface area contributed by atoms with Crippen LogP contribution in [0, 0.1) is 0 Å². The summed E-state index contributed by atoms with van der Waals surface area (Å²) in [6.45, 7) is 1.98. The monoisotopic (exact) mass is 408 g/mol. The van der Waals surface area contributed by atoms with Crippen LogP contribution in [0.4, 0.5) is 0 Å². The van der Waals surface area contributed by atoms with Crippen molar-refractivity contribution in [2.45, 2.75) is 19.5 Å². The first-order valence-electron chi connectivity index (χ1n) is 9.52. The second-order valence-corrected chi connectivity index (χ2v) is 8.05. The highest BCUT2D eigenvalue weighted by atomic mass is 32.1. The Morgan fingerprint density at radius 3 is 2.76 bits per heavy atom. The quantitative estimate of drug-likeness (QED) is 0.486. The number of imidazole rings is 1. The molecule has 0 atom stereocenters. The second-order valence-electron chi connectivity index (χ2n) is 7.18. The van der Waals surface area contributed by atoms with Gasteiger partial charge in [-0.3, -0.25) is 19.2 Å². The highest BCUT2D eigenvalue weighted by molar-refractivity contribution is 7.15. The maximum atomic E-state index is 13.2. The third kappa shape index (κ3) is 4.38. The van der Waals surface area contributed by atoms with Gasteiger partial charge in [0, 0.05) is 50.1 Å². The molecule has 0 bridgehead atoms. The van der Waals surface area contributed by atoms with Crippen LogP contribution in [0.2, 0.25) is 0 Å². The molecule has 0 fully saturated rings. The molecule has 150 valence electrons. The molecule has 4 rings (SSSR count). The zero-order chi connectivity index (χ0) is 20.2. The summed E-state index contributed by atoms with van der Waals surface area (Å²) in [5.41, 5.74) is 3.70. The van der Waals surface area contributed by atoms with Gasteiger partial charge in [0.2, 0.25) is 0 Å². The van der Waals surface area contributed by atoms with E-state index in [0.717, 1.165) is 29.3 Å². The van der Waals surface area contributed by atoms with Crippen molar-refractivity contribution >= 4 is 22.2 Å². The Morgan fingerprint density at radius 2 is 2.00 bits per heavy atom. The van der Waals surface area contributed by atoms with Gasteiger partial charge in [-0.1, -0.05) is 30.3 Å². The molecule has 8 heteroatoms. The highest BCUT2D eigenvalue weighted by Crippen LogP contribution is 2.20. The van der Waals surface area contributed by atoms with Gasteiger partial charge in [0.1, 0.15) is 0 Å². The van der Waals surface area contributed by atoms with Crippen molar-refractivity contribution in [1.29, 1.82) is 0 Å². The van der Waals surface area contributed by atoms with Gasteiger partial charge in [0.05, 0.1) is 5.69 Å². The lowest BCUT2D eigenvalue weighted by Crippen LogP contribution is -2.31. The Morgan fingerprint density at radius 1 is 1.17 bits per heavy atom. The Kier molecular flexibility index (Phi) is 5.73. The number of likely N-dealkylation sites (N-methyl/N-ethyl adjacent to an activating group) is 1. The second kappa shape index (κ2) is 8.59. The molecular formula is C21H24N6OS. The van der Waals surface area contributed by atoms with Crippen LogP contribution in [0.5, 0.6) is 0 Å². The van der Waals surface area contributed by atoms with Crippen molar-refractivity contribution in [2.24, 2.45) is 0 Å². The van der Waals surface area contributed by atoms with E-state index in [1.807, 2.05) is 54.3 Å². The van der Waals surface area contributed by atoms with E-state index < -0.39 is 0 Å². The van der Waals surface area contributed by atoms with Crippen LogP contribution in [0.15, 0.2) is 54.2 Å². The predicted octanol–water partition coefficient (Wildman–Crippen LogP) is 3.07. The molecule has 0 aliphatic heterocycles. The minimum Gasteiger partial charge on any atom is -0.340 e. The van der Waals surface area contributed by atoms with E-state index in [1.165, 1.54) is 5.56 Å². The van der Waals surface area contributed by atoms with Crippen LogP contribution in [0.3, 0.4) is 0 Å². The van der Waals surface area contributed by atoms with E-state index in [4.69, 9.17) is 0 Å². The van der Waals surface area contributed by atoms with Gasteiger partial charge < -0.3 is 4.90 Å². The van der Waals surface area contributed by atoms with E-state index in [1.54, 1.807) is 22.4 Å². The molecular weight excluding hydrogens is 384 g/mol. The largest absolute Gasteiger partial charge is 0.340 e. The smallest absolute Gasteiger partial charge is 0.274 e. The van der Waals surface area contributed by atoms with Crippen molar-refractivity contribution in [3.63, 3.8) is 0 Å². The van der Waals surface area contributed by atoms with Crippen molar-refractivity contribution in [2.75, 3.05) is 20.6 Å². The maximum Gasteiger partial charge on any atom is 0.274 e. The topological polar surface area (TPSA) is 69.5 Å². The van der Waals surface area contributed by atoms with Crippen molar-refractivity contribution in [3.05, 3.63) is 76.8 Å². The number of H-pyrrole nitrogens is 1. The van der Waals surface area contributed by atoms with Gasteiger partial charge >= 0.3 is 0 Å². The molecule has 0 aliphatic rings. The first-order chi connectivity index (χ1) is 14.1. The number of aromatic amines is 1. The van der Waals surface area contributed by atoms with Crippen molar-refractivity contribution < 1.29 is 4.79 Å². The van der Waals surface area contributed by atoms with E-state index in [2.05, 4.69) is 32.2 Å². The summed E-state index contributed by atoms with van der Waals surface area (Å²) in [6.07, 6.45) is 4.54. The molecule has 29 heavy (non-hydrogen) atoms. The fourth-order valence-corrected chi connectivity index (χ4v) is 4.09. The zero-order valence-corrected chi connectivity index (χ0v) is 17.4. The summed E-state index contributed by atoms with van der Waals surface area (Å²) in [6, 6.07) is 12.2. The number of nitrogens with one attached hydrogen (secondary N) is 1. The van der Waals surface area contributed by atoms with Gasteiger partial charge in [-0.15, -0.1) is 11.3 Å². The maximum absolute atomic E-state index is 13.2. The van der Waals surface area contributed by atoms with Crippen LogP contribution >= 0.6 is 11.3 Å². The molecule has 0 saturated carbocycles. The van der Waals surface area contributed by atoms with Gasteiger partial charge in [-0.25, -0.2) is 4.98 Å². The number of carbonyl (C=O) groups excluding carboxylic acids is 1. The lowest BCUT2D eigenvalue weighted by molar-refractivity contribution is 0.0789. The fourth-order valence-electron chi connectivity index (χ4n) is 3.35. The average Bonchev–Trinajstić information content (AvgIpc) is 3.46. The van der Waals surface area contributed by atoms with Crippen LogP contribution < -0.4 is 0 Å². The highest BCUT2D eigenvalue weighted by Gasteiger charge is 2.23. The average molecular weight is 409 g/mol. The summed E-state index contributed by atoms with van der Waals surface area (Å²) in [5, 5.41) is 8.97. The van der Waals surface area contributed by atoms with E-state index in [-0.39, 0.29) is 5.91 Å². The van der Waals surface area contributed by atoms with Gasteiger partial charge in [0.25, 0.3) is 5.91 Å². The summed E-state index contributed by atoms with van der Waals surface area (Å²) in [4.78, 5) is 22.6. The zero-order valence-electron chi connectivity index (χ0n) is 16.6. The Hall–Kier alpha value is -2.97. The number of hydrogen-bond acceptors (Lipinski definition) is 5. The third-order valence-corrected chi connectivity index (χ3v) is 5.66. The lowest BCUT2D eigenvalue weighted by atomic mass is 10.1. The molecule has 0 saturated heterocycles. The minimum absolute atomic E-state index is 0.0400. The van der Waals surface area contributed by atoms with Gasteiger partial charge in [0.15, 0.2) is 10.7 Å². The van der Waals surface area contributed by atoms with Gasteiger partial charge in [-0.05, 0) is 25.1 Å². The van der Waals surface area contributed by atoms with Crippen LogP contribution in [-0.2, 0) is 19.5 Å². The Labute approximate surface area is 173 Å².